The molecule has 1 heterocycles. The number of rotatable bonds is 5. The predicted octanol–water partition coefficient (Wildman–Crippen LogP) is 0.449. The highest BCUT2D eigenvalue weighted by atomic mass is 16.5. The summed E-state index contributed by atoms with van der Waals surface area (Å²) in [4.78, 5) is 37.9. The quantitative estimate of drug-likeness (QED) is 0.776. The molecule has 1 aliphatic heterocycles. The number of amides is 3. The number of hydrogen-bond donors (Lipinski definition) is 2. The zero-order valence-electron chi connectivity index (χ0n) is 15.3. The normalized spacial score (nSPS) is 25.9. The molecule has 2 fully saturated rings. The Balaban J connectivity index is 1.65. The van der Waals surface area contributed by atoms with E-state index in [-0.39, 0.29) is 30.6 Å². The van der Waals surface area contributed by atoms with Gasteiger partial charge >= 0.3 is 0 Å². The number of nitrogens with one attached hydrogen (secondary N) is 1. The highest BCUT2D eigenvalue weighted by Gasteiger charge is 2.35. The molecule has 146 valence electrons. The van der Waals surface area contributed by atoms with Gasteiger partial charge in [-0.25, -0.2) is 0 Å². The van der Waals surface area contributed by atoms with Gasteiger partial charge in [-0.15, -0.1) is 0 Å². The summed E-state index contributed by atoms with van der Waals surface area (Å²) in [6.07, 6.45) is 1.90. The average molecular weight is 375 g/mol. The predicted molar refractivity (Wildman–Crippen MR) is 98.2 cm³/mol. The van der Waals surface area contributed by atoms with E-state index in [0.29, 0.717) is 31.6 Å². The number of primary amides is 1. The molecule has 1 aliphatic carbocycles. The molecule has 3 rings (SSSR count). The van der Waals surface area contributed by atoms with Crippen molar-refractivity contribution in [3.63, 3.8) is 0 Å². The number of anilines is 1. The van der Waals surface area contributed by atoms with Gasteiger partial charge in [-0.3, -0.25) is 14.4 Å². The molecular weight excluding hydrogens is 350 g/mol. The summed E-state index contributed by atoms with van der Waals surface area (Å²) in [6.45, 7) is 1.06. The van der Waals surface area contributed by atoms with Gasteiger partial charge in [0.25, 0.3) is 11.8 Å². The number of carbonyl (C=O) groups is 3. The van der Waals surface area contributed by atoms with Crippen LogP contribution in [0.4, 0.5) is 5.69 Å². The SMILES string of the molecule is COC1CCC(NC(=O)c2ccc(N3CCOCC3=O)cc2)C(C(N)=O)C1. The number of methoxy groups -OCH3 is 1. The lowest BCUT2D eigenvalue weighted by molar-refractivity contribution is -0.126. The lowest BCUT2D eigenvalue weighted by Crippen LogP contribution is -2.49. The molecule has 0 spiro atoms. The van der Waals surface area contributed by atoms with Crippen molar-refractivity contribution in [2.75, 3.05) is 31.8 Å². The first kappa shape index (κ1) is 19.3. The average Bonchev–Trinajstić information content (AvgIpc) is 2.68. The summed E-state index contributed by atoms with van der Waals surface area (Å²) in [6, 6.07) is 6.53. The summed E-state index contributed by atoms with van der Waals surface area (Å²) in [7, 11) is 1.61. The van der Waals surface area contributed by atoms with E-state index in [4.69, 9.17) is 15.2 Å². The first-order chi connectivity index (χ1) is 13.0. The minimum absolute atomic E-state index is 0.0130. The number of carbonyl (C=O) groups excluding carboxylic acids is 3. The van der Waals surface area contributed by atoms with Gasteiger partial charge in [0, 0.05) is 30.9 Å². The van der Waals surface area contributed by atoms with E-state index >= 15 is 0 Å². The van der Waals surface area contributed by atoms with Crippen LogP contribution in [0.3, 0.4) is 0 Å². The summed E-state index contributed by atoms with van der Waals surface area (Å²) >= 11 is 0. The molecule has 1 aromatic carbocycles. The maximum absolute atomic E-state index is 12.6. The molecular formula is C19H25N3O5. The van der Waals surface area contributed by atoms with Crippen molar-refractivity contribution in [3.05, 3.63) is 29.8 Å². The fraction of sp³-hybridized carbons (Fsp3) is 0.526. The van der Waals surface area contributed by atoms with Crippen LogP contribution in [0.15, 0.2) is 24.3 Å². The van der Waals surface area contributed by atoms with Gasteiger partial charge in [0.2, 0.25) is 5.91 Å². The van der Waals surface area contributed by atoms with Crippen molar-refractivity contribution in [2.24, 2.45) is 11.7 Å². The number of nitrogens with two attached hydrogens (primary N) is 1. The zero-order chi connectivity index (χ0) is 19.4. The molecule has 2 aliphatic rings. The van der Waals surface area contributed by atoms with Crippen molar-refractivity contribution in [2.45, 2.75) is 31.4 Å². The Bertz CT molecular complexity index is 706. The fourth-order valence-corrected chi connectivity index (χ4v) is 3.67. The van der Waals surface area contributed by atoms with Crippen molar-refractivity contribution in [1.29, 1.82) is 0 Å². The number of benzene rings is 1. The second-order valence-electron chi connectivity index (χ2n) is 6.90. The summed E-state index contributed by atoms with van der Waals surface area (Å²) < 4.78 is 10.5. The molecule has 8 nitrogen and oxygen atoms in total. The smallest absolute Gasteiger partial charge is 0.253 e. The topological polar surface area (TPSA) is 111 Å². The molecule has 1 saturated heterocycles. The third kappa shape index (κ3) is 4.45. The van der Waals surface area contributed by atoms with Crippen molar-refractivity contribution < 1.29 is 23.9 Å². The molecule has 8 heteroatoms. The van der Waals surface area contributed by atoms with Crippen LogP contribution < -0.4 is 16.0 Å². The van der Waals surface area contributed by atoms with Gasteiger partial charge in [-0.05, 0) is 43.5 Å². The number of morpholine rings is 1. The van der Waals surface area contributed by atoms with Gasteiger partial charge in [0.1, 0.15) is 6.61 Å². The zero-order valence-corrected chi connectivity index (χ0v) is 15.3. The minimum atomic E-state index is -0.446. The van der Waals surface area contributed by atoms with E-state index in [0.717, 1.165) is 12.1 Å². The van der Waals surface area contributed by atoms with E-state index in [2.05, 4.69) is 5.32 Å². The van der Waals surface area contributed by atoms with Crippen LogP contribution in [0.2, 0.25) is 0 Å². The molecule has 27 heavy (non-hydrogen) atoms. The third-order valence-corrected chi connectivity index (χ3v) is 5.24. The first-order valence-electron chi connectivity index (χ1n) is 9.10. The van der Waals surface area contributed by atoms with Crippen LogP contribution >= 0.6 is 0 Å². The second kappa shape index (κ2) is 8.49. The number of ether oxygens (including phenoxy) is 2. The Labute approximate surface area is 158 Å². The van der Waals surface area contributed by atoms with Crippen molar-refractivity contribution >= 4 is 23.4 Å². The summed E-state index contributed by atoms with van der Waals surface area (Å²) in [5.74, 6) is -1.24. The fourth-order valence-electron chi connectivity index (χ4n) is 3.67. The largest absolute Gasteiger partial charge is 0.381 e. The molecule has 1 aromatic rings. The summed E-state index contributed by atoms with van der Waals surface area (Å²) in [5.41, 5.74) is 6.71. The van der Waals surface area contributed by atoms with Gasteiger partial charge in [0.05, 0.1) is 18.6 Å². The molecule has 0 aromatic heterocycles. The molecule has 0 radical (unpaired) electrons. The van der Waals surface area contributed by atoms with E-state index in [1.807, 2.05) is 0 Å². The lowest BCUT2D eigenvalue weighted by atomic mass is 9.82. The van der Waals surface area contributed by atoms with Crippen LogP contribution in [0.1, 0.15) is 29.6 Å². The first-order valence-corrected chi connectivity index (χ1v) is 9.10. The maximum atomic E-state index is 12.6. The molecule has 0 bridgehead atoms. The van der Waals surface area contributed by atoms with E-state index in [1.165, 1.54) is 0 Å². The Morgan fingerprint density at radius 1 is 1.26 bits per heavy atom. The van der Waals surface area contributed by atoms with E-state index < -0.39 is 11.8 Å². The standard InChI is InChI=1S/C19H25N3O5/c1-26-14-6-7-16(15(10-14)18(20)24)21-19(25)12-2-4-13(5-3-12)22-8-9-27-11-17(22)23/h2-5,14-16H,6-11H2,1H3,(H2,20,24)(H,21,25). The van der Waals surface area contributed by atoms with Crippen LogP contribution in [0, 0.1) is 5.92 Å². The number of hydrogen-bond acceptors (Lipinski definition) is 5. The molecule has 3 atom stereocenters. The van der Waals surface area contributed by atoms with Gasteiger partial charge in [-0.1, -0.05) is 0 Å². The van der Waals surface area contributed by atoms with E-state index in [9.17, 15) is 14.4 Å². The van der Waals surface area contributed by atoms with Crippen LogP contribution in [-0.4, -0.2) is 56.7 Å². The third-order valence-electron chi connectivity index (χ3n) is 5.24. The van der Waals surface area contributed by atoms with Gasteiger partial charge < -0.3 is 25.4 Å². The van der Waals surface area contributed by atoms with Crippen molar-refractivity contribution in [1.82, 2.24) is 5.32 Å². The van der Waals surface area contributed by atoms with Crippen molar-refractivity contribution in [3.8, 4) is 0 Å². The highest BCUT2D eigenvalue weighted by molar-refractivity contribution is 5.97. The van der Waals surface area contributed by atoms with Gasteiger partial charge in [-0.2, -0.15) is 0 Å². The molecule has 3 unspecified atom stereocenters. The Morgan fingerprint density at radius 2 is 2.00 bits per heavy atom. The Morgan fingerprint density at radius 3 is 2.63 bits per heavy atom. The minimum Gasteiger partial charge on any atom is -0.381 e. The Hall–Kier alpha value is -2.45. The van der Waals surface area contributed by atoms with Gasteiger partial charge in [0.15, 0.2) is 0 Å². The second-order valence-corrected chi connectivity index (χ2v) is 6.90. The van der Waals surface area contributed by atoms with Crippen LogP contribution in [0.25, 0.3) is 0 Å². The molecule has 3 amide bonds. The Kier molecular flexibility index (Phi) is 6.08. The molecule has 3 N–H and O–H groups in total. The highest BCUT2D eigenvalue weighted by Crippen LogP contribution is 2.27. The number of nitrogens with zero attached hydrogens (tertiary/aromatic N) is 1. The molecule has 1 saturated carbocycles. The van der Waals surface area contributed by atoms with Crippen LogP contribution in [0.5, 0.6) is 0 Å². The maximum Gasteiger partial charge on any atom is 0.253 e. The van der Waals surface area contributed by atoms with Crippen LogP contribution in [-0.2, 0) is 19.1 Å². The van der Waals surface area contributed by atoms with E-state index in [1.54, 1.807) is 36.3 Å². The summed E-state index contributed by atoms with van der Waals surface area (Å²) in [5, 5.41) is 2.92. The monoisotopic (exact) mass is 375 g/mol. The lowest BCUT2D eigenvalue weighted by Gasteiger charge is -2.34.